The van der Waals surface area contributed by atoms with E-state index in [-0.39, 0.29) is 17.8 Å². The van der Waals surface area contributed by atoms with E-state index >= 15 is 0 Å². The summed E-state index contributed by atoms with van der Waals surface area (Å²) in [6.07, 6.45) is -0.612. The second-order valence-corrected chi connectivity index (χ2v) is 5.87. The second kappa shape index (κ2) is 7.27. The Bertz CT molecular complexity index is 662. The van der Waals surface area contributed by atoms with Crippen molar-refractivity contribution >= 4 is 5.91 Å². The molecular formula is C19H22FNO2. The average Bonchev–Trinajstić information content (AvgIpc) is 2.46. The normalized spacial score (nSPS) is 13.3. The minimum Gasteiger partial charge on any atom is -0.481 e. The molecule has 2 atom stereocenters. The number of hydrogen-bond acceptors (Lipinski definition) is 2. The molecule has 0 aromatic heterocycles. The van der Waals surface area contributed by atoms with Crippen LogP contribution in [0.15, 0.2) is 42.5 Å². The number of benzene rings is 2. The van der Waals surface area contributed by atoms with Crippen molar-refractivity contribution in [1.82, 2.24) is 5.32 Å². The van der Waals surface area contributed by atoms with Gasteiger partial charge >= 0.3 is 0 Å². The first-order valence-electron chi connectivity index (χ1n) is 7.66. The Hall–Kier alpha value is -2.36. The van der Waals surface area contributed by atoms with Gasteiger partial charge in [-0.25, -0.2) is 4.39 Å². The summed E-state index contributed by atoms with van der Waals surface area (Å²) in [6, 6.07) is 11.7. The molecule has 4 heteroatoms. The Morgan fingerprint density at radius 1 is 1.04 bits per heavy atom. The molecule has 23 heavy (non-hydrogen) atoms. The summed E-state index contributed by atoms with van der Waals surface area (Å²) in [5.74, 6) is 0.180. The number of amides is 1. The molecule has 0 saturated heterocycles. The lowest BCUT2D eigenvalue weighted by Gasteiger charge is -2.19. The third-order valence-electron chi connectivity index (χ3n) is 3.61. The molecule has 1 amide bonds. The predicted molar refractivity (Wildman–Crippen MR) is 89.0 cm³/mol. The molecule has 2 aromatic carbocycles. The lowest BCUT2D eigenvalue weighted by atomic mass is 10.1. The van der Waals surface area contributed by atoms with Crippen molar-refractivity contribution in [2.75, 3.05) is 0 Å². The Balaban J connectivity index is 1.97. The topological polar surface area (TPSA) is 38.3 Å². The van der Waals surface area contributed by atoms with Gasteiger partial charge in [0, 0.05) is 0 Å². The Morgan fingerprint density at radius 2 is 1.61 bits per heavy atom. The standard InChI is InChI=1S/C19H22FNO2/c1-12-9-13(2)11-18(10-12)23-15(4)19(22)21-14(3)16-5-7-17(20)8-6-16/h5-11,14-15H,1-4H3,(H,21,22)/t14-,15-/m1/s1. The van der Waals surface area contributed by atoms with Crippen LogP contribution in [0, 0.1) is 19.7 Å². The Morgan fingerprint density at radius 3 is 2.17 bits per heavy atom. The van der Waals surface area contributed by atoms with Crippen molar-refractivity contribution < 1.29 is 13.9 Å². The van der Waals surface area contributed by atoms with Gasteiger partial charge in [-0.1, -0.05) is 18.2 Å². The van der Waals surface area contributed by atoms with Crippen molar-refractivity contribution in [1.29, 1.82) is 0 Å². The first-order valence-corrected chi connectivity index (χ1v) is 7.66. The summed E-state index contributed by atoms with van der Waals surface area (Å²) in [5.41, 5.74) is 3.03. The minimum absolute atomic E-state index is 0.207. The number of rotatable bonds is 5. The maximum Gasteiger partial charge on any atom is 0.261 e. The van der Waals surface area contributed by atoms with E-state index in [0.717, 1.165) is 16.7 Å². The van der Waals surface area contributed by atoms with Crippen LogP contribution in [0.3, 0.4) is 0 Å². The first kappa shape index (κ1) is 17.0. The minimum atomic E-state index is -0.612. The van der Waals surface area contributed by atoms with Gasteiger partial charge in [0.15, 0.2) is 6.10 Å². The highest BCUT2D eigenvalue weighted by molar-refractivity contribution is 5.81. The van der Waals surface area contributed by atoms with Crippen LogP contribution in [-0.4, -0.2) is 12.0 Å². The molecule has 0 aliphatic heterocycles. The zero-order valence-corrected chi connectivity index (χ0v) is 13.9. The van der Waals surface area contributed by atoms with Gasteiger partial charge in [0.1, 0.15) is 11.6 Å². The zero-order valence-electron chi connectivity index (χ0n) is 13.9. The van der Waals surface area contributed by atoms with Crippen LogP contribution in [-0.2, 0) is 4.79 Å². The number of carbonyl (C=O) groups is 1. The van der Waals surface area contributed by atoms with E-state index in [1.165, 1.54) is 12.1 Å². The molecule has 0 spiro atoms. The fourth-order valence-corrected chi connectivity index (χ4v) is 2.42. The van der Waals surface area contributed by atoms with E-state index in [1.54, 1.807) is 19.1 Å². The fourth-order valence-electron chi connectivity index (χ4n) is 2.42. The molecule has 3 nitrogen and oxygen atoms in total. The molecule has 0 aliphatic carbocycles. The quantitative estimate of drug-likeness (QED) is 0.902. The fraction of sp³-hybridized carbons (Fsp3) is 0.316. The van der Waals surface area contributed by atoms with Crippen LogP contribution in [0.1, 0.15) is 36.6 Å². The molecule has 0 aliphatic rings. The van der Waals surface area contributed by atoms with Gasteiger partial charge in [0.05, 0.1) is 6.04 Å². The van der Waals surface area contributed by atoms with E-state index in [2.05, 4.69) is 5.32 Å². The number of hydrogen-bond donors (Lipinski definition) is 1. The third-order valence-corrected chi connectivity index (χ3v) is 3.61. The molecule has 2 aromatic rings. The highest BCUT2D eigenvalue weighted by Gasteiger charge is 2.18. The monoisotopic (exact) mass is 315 g/mol. The number of nitrogens with one attached hydrogen (secondary N) is 1. The molecule has 0 radical (unpaired) electrons. The van der Waals surface area contributed by atoms with E-state index in [4.69, 9.17) is 4.74 Å². The van der Waals surface area contributed by atoms with Crippen LogP contribution in [0.25, 0.3) is 0 Å². The van der Waals surface area contributed by atoms with Crippen LogP contribution in [0.4, 0.5) is 4.39 Å². The van der Waals surface area contributed by atoms with E-state index in [9.17, 15) is 9.18 Å². The van der Waals surface area contributed by atoms with Crippen LogP contribution < -0.4 is 10.1 Å². The largest absolute Gasteiger partial charge is 0.481 e. The molecule has 0 unspecified atom stereocenters. The van der Waals surface area contributed by atoms with E-state index in [1.807, 2.05) is 39.0 Å². The summed E-state index contributed by atoms with van der Waals surface area (Å²) in [4.78, 5) is 12.3. The maximum atomic E-state index is 12.9. The van der Waals surface area contributed by atoms with E-state index < -0.39 is 6.10 Å². The summed E-state index contributed by atoms with van der Waals surface area (Å²) in [5, 5.41) is 2.88. The summed E-state index contributed by atoms with van der Waals surface area (Å²) in [7, 11) is 0. The van der Waals surface area contributed by atoms with Gasteiger partial charge in [-0.3, -0.25) is 4.79 Å². The van der Waals surface area contributed by atoms with Crippen molar-refractivity contribution in [3.05, 3.63) is 65.0 Å². The van der Waals surface area contributed by atoms with Crippen LogP contribution in [0.2, 0.25) is 0 Å². The van der Waals surface area contributed by atoms with Gasteiger partial charge < -0.3 is 10.1 Å². The molecule has 0 fully saturated rings. The maximum absolute atomic E-state index is 12.9. The highest BCUT2D eigenvalue weighted by atomic mass is 19.1. The van der Waals surface area contributed by atoms with Crippen molar-refractivity contribution in [3.63, 3.8) is 0 Å². The number of carbonyl (C=O) groups excluding carboxylic acids is 1. The van der Waals surface area contributed by atoms with Crippen molar-refractivity contribution in [3.8, 4) is 5.75 Å². The first-order chi connectivity index (χ1) is 10.8. The summed E-state index contributed by atoms with van der Waals surface area (Å²) < 4.78 is 18.7. The molecule has 0 heterocycles. The average molecular weight is 315 g/mol. The number of ether oxygens (including phenoxy) is 1. The molecule has 0 saturated carbocycles. The Labute approximate surface area is 136 Å². The van der Waals surface area contributed by atoms with Gasteiger partial charge in [0.2, 0.25) is 0 Å². The lowest BCUT2D eigenvalue weighted by molar-refractivity contribution is -0.127. The van der Waals surface area contributed by atoms with Gasteiger partial charge in [0.25, 0.3) is 5.91 Å². The molecule has 0 bridgehead atoms. The molecular weight excluding hydrogens is 293 g/mol. The highest BCUT2D eigenvalue weighted by Crippen LogP contribution is 2.18. The van der Waals surface area contributed by atoms with Crippen molar-refractivity contribution in [2.24, 2.45) is 0 Å². The lowest BCUT2D eigenvalue weighted by Crippen LogP contribution is -2.37. The third kappa shape index (κ3) is 4.81. The van der Waals surface area contributed by atoms with E-state index in [0.29, 0.717) is 5.75 Å². The predicted octanol–water partition coefficient (Wildman–Crippen LogP) is 4.09. The molecule has 2 rings (SSSR count). The molecule has 122 valence electrons. The SMILES string of the molecule is Cc1cc(C)cc(O[C@H](C)C(=O)N[C@H](C)c2ccc(F)cc2)c1. The van der Waals surface area contributed by atoms with Gasteiger partial charge in [-0.15, -0.1) is 0 Å². The summed E-state index contributed by atoms with van der Waals surface area (Å²) >= 11 is 0. The number of aryl methyl sites for hydroxylation is 2. The van der Waals surface area contributed by atoms with Gasteiger partial charge in [-0.05, 0) is 68.7 Å². The Kier molecular flexibility index (Phi) is 5.37. The van der Waals surface area contributed by atoms with Crippen molar-refractivity contribution in [2.45, 2.75) is 39.8 Å². The second-order valence-electron chi connectivity index (χ2n) is 5.87. The van der Waals surface area contributed by atoms with Gasteiger partial charge in [-0.2, -0.15) is 0 Å². The smallest absolute Gasteiger partial charge is 0.261 e. The number of halogens is 1. The zero-order chi connectivity index (χ0) is 17.0. The summed E-state index contributed by atoms with van der Waals surface area (Å²) in [6.45, 7) is 7.54. The van der Waals surface area contributed by atoms with Crippen LogP contribution >= 0.6 is 0 Å². The van der Waals surface area contributed by atoms with Crippen LogP contribution in [0.5, 0.6) is 5.75 Å². The molecule has 1 N–H and O–H groups in total.